The molecule has 6 nitrogen and oxygen atoms in total. The highest BCUT2D eigenvalue weighted by atomic mass is 32.2. The number of anilines is 1. The molecule has 0 spiro atoms. The van der Waals surface area contributed by atoms with Crippen molar-refractivity contribution >= 4 is 32.5 Å². The van der Waals surface area contributed by atoms with Gasteiger partial charge in [0.05, 0.1) is 10.4 Å². The zero-order valence-electron chi connectivity index (χ0n) is 15.4. The SMILES string of the molecule is CC(C)N(C)S(=O)(=O)c1ccc(NC(=O)c2cccc3ncccc23)cc1. The van der Waals surface area contributed by atoms with Crippen molar-refractivity contribution in [3.05, 3.63) is 66.4 Å². The Morgan fingerprint density at radius 1 is 1.04 bits per heavy atom. The Labute approximate surface area is 158 Å². The van der Waals surface area contributed by atoms with Crippen LogP contribution >= 0.6 is 0 Å². The highest BCUT2D eigenvalue weighted by Crippen LogP contribution is 2.21. The summed E-state index contributed by atoms with van der Waals surface area (Å²) in [4.78, 5) is 17.1. The van der Waals surface area contributed by atoms with Gasteiger partial charge in [-0.25, -0.2) is 8.42 Å². The van der Waals surface area contributed by atoms with Crippen molar-refractivity contribution < 1.29 is 13.2 Å². The molecule has 0 saturated heterocycles. The summed E-state index contributed by atoms with van der Waals surface area (Å²) in [5.41, 5.74) is 1.77. The molecule has 27 heavy (non-hydrogen) atoms. The first kappa shape index (κ1) is 19.0. The number of nitrogens with zero attached hydrogens (tertiary/aromatic N) is 2. The summed E-state index contributed by atoms with van der Waals surface area (Å²) in [6.45, 7) is 3.62. The lowest BCUT2D eigenvalue weighted by molar-refractivity contribution is 0.102. The molecule has 0 fully saturated rings. The molecular weight excluding hydrogens is 362 g/mol. The van der Waals surface area contributed by atoms with Crippen LogP contribution < -0.4 is 5.32 Å². The summed E-state index contributed by atoms with van der Waals surface area (Å²) in [6.07, 6.45) is 1.68. The van der Waals surface area contributed by atoms with Crippen LogP contribution in [0.25, 0.3) is 10.9 Å². The van der Waals surface area contributed by atoms with Crippen LogP contribution in [0.15, 0.2) is 65.7 Å². The number of hydrogen-bond donors (Lipinski definition) is 1. The number of pyridine rings is 1. The fraction of sp³-hybridized carbons (Fsp3) is 0.200. The summed E-state index contributed by atoms with van der Waals surface area (Å²) >= 11 is 0. The van der Waals surface area contributed by atoms with E-state index in [1.54, 1.807) is 43.6 Å². The van der Waals surface area contributed by atoms with Crippen molar-refractivity contribution in [1.29, 1.82) is 0 Å². The number of rotatable bonds is 5. The number of benzene rings is 2. The van der Waals surface area contributed by atoms with Gasteiger partial charge in [-0.2, -0.15) is 4.31 Å². The second-order valence-corrected chi connectivity index (χ2v) is 8.47. The van der Waals surface area contributed by atoms with Crippen LogP contribution in [-0.2, 0) is 10.0 Å². The van der Waals surface area contributed by atoms with Crippen LogP contribution in [0.3, 0.4) is 0 Å². The summed E-state index contributed by atoms with van der Waals surface area (Å²) in [5, 5.41) is 3.57. The summed E-state index contributed by atoms with van der Waals surface area (Å²) in [6, 6.07) is 15.0. The van der Waals surface area contributed by atoms with Crippen LogP contribution in [0.4, 0.5) is 5.69 Å². The molecular formula is C20H21N3O3S. The first-order chi connectivity index (χ1) is 12.8. The van der Waals surface area contributed by atoms with Crippen LogP contribution in [0.2, 0.25) is 0 Å². The standard InChI is InChI=1S/C20H21N3O3S/c1-14(2)23(3)27(25,26)16-11-9-15(10-12-16)22-20(24)18-6-4-8-19-17(18)7-5-13-21-19/h4-14H,1-3H3,(H,22,24). The zero-order chi connectivity index (χ0) is 19.6. The molecule has 0 radical (unpaired) electrons. The molecule has 7 heteroatoms. The Morgan fingerprint density at radius 3 is 2.41 bits per heavy atom. The average molecular weight is 383 g/mol. The first-order valence-electron chi connectivity index (χ1n) is 8.54. The lowest BCUT2D eigenvalue weighted by Gasteiger charge is -2.21. The summed E-state index contributed by atoms with van der Waals surface area (Å²) in [5.74, 6) is -0.275. The van der Waals surface area contributed by atoms with E-state index < -0.39 is 10.0 Å². The van der Waals surface area contributed by atoms with Gasteiger partial charge in [-0.15, -0.1) is 0 Å². The van der Waals surface area contributed by atoms with E-state index in [4.69, 9.17) is 0 Å². The van der Waals surface area contributed by atoms with Crippen LogP contribution in [-0.4, -0.2) is 36.7 Å². The maximum absolute atomic E-state index is 12.6. The Bertz CT molecular complexity index is 1070. The van der Waals surface area contributed by atoms with Gasteiger partial charge in [0.25, 0.3) is 5.91 Å². The Kier molecular flexibility index (Phi) is 5.25. The molecule has 3 aromatic rings. The number of fused-ring (bicyclic) bond motifs is 1. The molecule has 1 aromatic heterocycles. The minimum absolute atomic E-state index is 0.144. The van der Waals surface area contributed by atoms with Crippen LogP contribution in [0, 0.1) is 0 Å². The molecule has 0 aliphatic heterocycles. The van der Waals surface area contributed by atoms with Crippen molar-refractivity contribution in [2.75, 3.05) is 12.4 Å². The van der Waals surface area contributed by atoms with E-state index in [1.165, 1.54) is 16.4 Å². The van der Waals surface area contributed by atoms with E-state index in [-0.39, 0.29) is 16.8 Å². The van der Waals surface area contributed by atoms with E-state index in [9.17, 15) is 13.2 Å². The molecule has 3 rings (SSSR count). The molecule has 0 atom stereocenters. The van der Waals surface area contributed by atoms with Crippen molar-refractivity contribution in [3.63, 3.8) is 0 Å². The number of carbonyl (C=O) groups excluding carboxylic acids is 1. The molecule has 0 aliphatic rings. The Morgan fingerprint density at radius 2 is 1.74 bits per heavy atom. The van der Waals surface area contributed by atoms with E-state index in [0.717, 1.165) is 10.9 Å². The minimum atomic E-state index is -3.55. The Balaban J connectivity index is 1.83. The monoisotopic (exact) mass is 383 g/mol. The topological polar surface area (TPSA) is 79.4 Å². The van der Waals surface area contributed by atoms with Crippen LogP contribution in [0.1, 0.15) is 24.2 Å². The molecule has 140 valence electrons. The number of nitrogens with one attached hydrogen (secondary N) is 1. The third-order valence-electron chi connectivity index (χ3n) is 4.41. The third-order valence-corrected chi connectivity index (χ3v) is 6.45. The fourth-order valence-electron chi connectivity index (χ4n) is 2.65. The molecule has 0 bridgehead atoms. The quantitative estimate of drug-likeness (QED) is 0.731. The normalized spacial score (nSPS) is 11.9. The summed E-state index contributed by atoms with van der Waals surface area (Å²) < 4.78 is 26.3. The average Bonchev–Trinajstić information content (AvgIpc) is 2.67. The van der Waals surface area contributed by atoms with Gasteiger partial charge < -0.3 is 5.32 Å². The largest absolute Gasteiger partial charge is 0.322 e. The minimum Gasteiger partial charge on any atom is -0.322 e. The molecule has 2 aromatic carbocycles. The van der Waals surface area contributed by atoms with Crippen molar-refractivity contribution in [2.24, 2.45) is 0 Å². The van der Waals surface area contributed by atoms with Crippen molar-refractivity contribution in [3.8, 4) is 0 Å². The Hall–Kier alpha value is -2.77. The van der Waals surface area contributed by atoms with E-state index in [1.807, 2.05) is 26.0 Å². The van der Waals surface area contributed by atoms with Crippen LogP contribution in [0.5, 0.6) is 0 Å². The first-order valence-corrected chi connectivity index (χ1v) is 9.98. The molecule has 0 aliphatic carbocycles. The van der Waals surface area contributed by atoms with Gasteiger partial charge in [0.15, 0.2) is 0 Å². The van der Waals surface area contributed by atoms with Gasteiger partial charge in [0.1, 0.15) is 0 Å². The predicted molar refractivity (Wildman–Crippen MR) is 106 cm³/mol. The van der Waals surface area contributed by atoms with Gasteiger partial charge in [0.2, 0.25) is 10.0 Å². The van der Waals surface area contributed by atoms with Gasteiger partial charge in [-0.05, 0) is 56.3 Å². The number of carbonyl (C=O) groups is 1. The lowest BCUT2D eigenvalue weighted by Crippen LogP contribution is -2.33. The molecule has 0 saturated carbocycles. The highest BCUT2D eigenvalue weighted by Gasteiger charge is 2.23. The molecule has 1 N–H and O–H groups in total. The van der Waals surface area contributed by atoms with E-state index >= 15 is 0 Å². The van der Waals surface area contributed by atoms with Gasteiger partial charge >= 0.3 is 0 Å². The maximum Gasteiger partial charge on any atom is 0.256 e. The predicted octanol–water partition coefficient (Wildman–Crippen LogP) is 3.52. The van der Waals surface area contributed by atoms with Gasteiger partial charge in [0, 0.05) is 35.9 Å². The third kappa shape index (κ3) is 3.84. The van der Waals surface area contributed by atoms with Crippen molar-refractivity contribution in [2.45, 2.75) is 24.8 Å². The lowest BCUT2D eigenvalue weighted by atomic mass is 10.1. The smallest absolute Gasteiger partial charge is 0.256 e. The number of sulfonamides is 1. The summed E-state index contributed by atoms with van der Waals surface area (Å²) in [7, 11) is -2.01. The second kappa shape index (κ2) is 7.46. The molecule has 1 amide bonds. The zero-order valence-corrected chi connectivity index (χ0v) is 16.2. The number of aromatic nitrogens is 1. The fourth-order valence-corrected chi connectivity index (χ4v) is 4.02. The van der Waals surface area contributed by atoms with Gasteiger partial charge in [-0.1, -0.05) is 12.1 Å². The van der Waals surface area contributed by atoms with Crippen molar-refractivity contribution in [1.82, 2.24) is 9.29 Å². The van der Waals surface area contributed by atoms with E-state index in [2.05, 4.69) is 10.3 Å². The number of amides is 1. The molecule has 0 unspecified atom stereocenters. The van der Waals surface area contributed by atoms with E-state index in [0.29, 0.717) is 11.3 Å². The second-order valence-electron chi connectivity index (χ2n) is 6.47. The van der Waals surface area contributed by atoms with Gasteiger partial charge in [-0.3, -0.25) is 9.78 Å². The molecule has 1 heterocycles. The maximum atomic E-state index is 12.6. The highest BCUT2D eigenvalue weighted by molar-refractivity contribution is 7.89. The number of hydrogen-bond acceptors (Lipinski definition) is 4.